The van der Waals surface area contributed by atoms with Crippen LogP contribution in [0.15, 0.2) is 0 Å². The summed E-state index contributed by atoms with van der Waals surface area (Å²) in [6, 6.07) is 0. The van der Waals surface area contributed by atoms with Gasteiger partial charge in [0, 0.05) is 0 Å². The lowest BCUT2D eigenvalue weighted by atomic mass is 10.3. The fourth-order valence-corrected chi connectivity index (χ4v) is 0.739. The third-order valence-corrected chi connectivity index (χ3v) is 1.35. The van der Waals surface area contributed by atoms with Crippen molar-refractivity contribution in [2.75, 3.05) is 33.0 Å². The molecule has 0 aliphatic heterocycles. The van der Waals surface area contributed by atoms with Crippen LogP contribution in [0.1, 0.15) is 19.8 Å². The van der Waals surface area contributed by atoms with Crippen LogP contribution < -0.4 is 0 Å². The fourth-order valence-electron chi connectivity index (χ4n) is 0.739. The van der Waals surface area contributed by atoms with Crippen LogP contribution in [-0.4, -0.2) is 48.4 Å². The molecule has 0 fully saturated rings. The van der Waals surface area contributed by atoms with E-state index in [0.29, 0.717) is 6.54 Å². The van der Waals surface area contributed by atoms with E-state index in [1.807, 2.05) is 0 Å². The maximum Gasteiger partial charge on any atom is 0.0942 e. The minimum atomic E-state index is -0.0366. The zero-order chi connectivity index (χ0) is 9.94. The SMILES string of the molecule is Br.CCCCN(OCCO)OCCO. The summed E-state index contributed by atoms with van der Waals surface area (Å²) in [6.45, 7) is 3.08. The molecule has 0 aliphatic rings. The number of rotatable bonds is 9. The molecule has 88 valence electrons. The van der Waals surface area contributed by atoms with Crippen molar-refractivity contribution in [2.45, 2.75) is 19.8 Å². The first-order chi connectivity index (χ1) is 6.35. The molecule has 0 unspecified atom stereocenters. The van der Waals surface area contributed by atoms with Crippen molar-refractivity contribution < 1.29 is 19.9 Å². The van der Waals surface area contributed by atoms with Crippen LogP contribution in [0.25, 0.3) is 0 Å². The molecule has 0 rings (SSSR count). The Hall–Kier alpha value is 0.280. The molecule has 0 atom stereocenters. The second-order valence-electron chi connectivity index (χ2n) is 2.52. The zero-order valence-electron chi connectivity index (χ0n) is 8.52. The molecular weight excluding hydrogens is 254 g/mol. The molecule has 0 aliphatic carbocycles. The molecule has 6 heteroatoms. The number of aliphatic hydroxyl groups is 2. The number of hydrogen-bond acceptors (Lipinski definition) is 5. The highest BCUT2D eigenvalue weighted by atomic mass is 79.9. The molecule has 0 saturated heterocycles. The third kappa shape index (κ3) is 10.4. The third-order valence-electron chi connectivity index (χ3n) is 1.35. The Labute approximate surface area is 95.3 Å². The average molecular weight is 274 g/mol. The number of nitrogens with zero attached hydrogens (tertiary/aromatic N) is 1. The Balaban J connectivity index is 0. The van der Waals surface area contributed by atoms with Gasteiger partial charge in [-0.3, -0.25) is 9.68 Å². The van der Waals surface area contributed by atoms with Crippen molar-refractivity contribution >= 4 is 17.0 Å². The lowest BCUT2D eigenvalue weighted by Crippen LogP contribution is -2.28. The molecule has 14 heavy (non-hydrogen) atoms. The minimum absolute atomic E-state index is 0. The van der Waals surface area contributed by atoms with Crippen LogP contribution in [0.5, 0.6) is 0 Å². The summed E-state index contributed by atoms with van der Waals surface area (Å²) in [5, 5.41) is 18.3. The van der Waals surface area contributed by atoms with Crippen molar-refractivity contribution in [1.29, 1.82) is 0 Å². The first-order valence-corrected chi connectivity index (χ1v) is 4.60. The smallest absolute Gasteiger partial charge is 0.0942 e. The van der Waals surface area contributed by atoms with Gasteiger partial charge in [-0.15, -0.1) is 17.0 Å². The molecule has 0 radical (unpaired) electrons. The van der Waals surface area contributed by atoms with Gasteiger partial charge in [0.05, 0.1) is 33.0 Å². The Kier molecular flexibility index (Phi) is 15.8. The van der Waals surface area contributed by atoms with Crippen molar-refractivity contribution in [3.05, 3.63) is 0 Å². The van der Waals surface area contributed by atoms with E-state index in [2.05, 4.69) is 6.92 Å². The van der Waals surface area contributed by atoms with Gasteiger partial charge < -0.3 is 10.2 Å². The van der Waals surface area contributed by atoms with Crippen LogP contribution in [0.3, 0.4) is 0 Å². The van der Waals surface area contributed by atoms with E-state index in [1.54, 1.807) is 0 Å². The highest BCUT2D eigenvalue weighted by Gasteiger charge is 2.03. The molecule has 0 bridgehead atoms. The minimum Gasteiger partial charge on any atom is -0.394 e. The highest BCUT2D eigenvalue weighted by molar-refractivity contribution is 8.93. The first-order valence-electron chi connectivity index (χ1n) is 4.60. The quantitative estimate of drug-likeness (QED) is 0.600. The maximum atomic E-state index is 8.51. The van der Waals surface area contributed by atoms with E-state index >= 15 is 0 Å². The second-order valence-corrected chi connectivity index (χ2v) is 2.52. The van der Waals surface area contributed by atoms with E-state index in [-0.39, 0.29) is 43.4 Å². The first kappa shape index (κ1) is 16.7. The number of hydrogen-bond donors (Lipinski definition) is 2. The number of unbranched alkanes of at least 4 members (excludes halogenated alkanes) is 1. The summed E-state index contributed by atoms with van der Waals surface area (Å²) >= 11 is 0. The van der Waals surface area contributed by atoms with Gasteiger partial charge in [-0.1, -0.05) is 18.6 Å². The van der Waals surface area contributed by atoms with E-state index < -0.39 is 0 Å². The molecule has 0 spiro atoms. The molecule has 0 aromatic carbocycles. The van der Waals surface area contributed by atoms with Crippen molar-refractivity contribution in [2.24, 2.45) is 0 Å². The number of hydroxylamine groups is 2. The molecule has 0 heterocycles. The van der Waals surface area contributed by atoms with E-state index in [4.69, 9.17) is 19.9 Å². The lowest BCUT2D eigenvalue weighted by Gasteiger charge is -2.19. The second kappa shape index (κ2) is 13.3. The summed E-state index contributed by atoms with van der Waals surface area (Å²) < 4.78 is 0. The number of aliphatic hydroxyl groups excluding tert-OH is 2. The van der Waals surface area contributed by atoms with Crippen LogP contribution in [0, 0.1) is 0 Å². The van der Waals surface area contributed by atoms with E-state index in [9.17, 15) is 0 Å². The lowest BCUT2D eigenvalue weighted by molar-refractivity contribution is -0.371. The summed E-state index contributed by atoms with van der Waals surface area (Å²) in [6.07, 6.45) is 2.00. The van der Waals surface area contributed by atoms with Crippen LogP contribution in [-0.2, 0) is 9.68 Å². The van der Waals surface area contributed by atoms with Crippen molar-refractivity contribution in [3.8, 4) is 0 Å². The Bertz CT molecular complexity index is 88.3. The van der Waals surface area contributed by atoms with Crippen LogP contribution in [0.2, 0.25) is 0 Å². The zero-order valence-corrected chi connectivity index (χ0v) is 10.2. The van der Waals surface area contributed by atoms with Crippen LogP contribution in [0.4, 0.5) is 0 Å². The molecule has 2 N–H and O–H groups in total. The molecule has 0 aromatic heterocycles. The Morgan fingerprint density at radius 3 is 1.93 bits per heavy atom. The van der Waals surface area contributed by atoms with Gasteiger partial charge in [-0.05, 0) is 6.42 Å². The molecule has 0 amide bonds. The van der Waals surface area contributed by atoms with Crippen molar-refractivity contribution in [1.82, 2.24) is 5.23 Å². The Morgan fingerprint density at radius 2 is 1.57 bits per heavy atom. The summed E-state index contributed by atoms with van der Waals surface area (Å²) in [4.78, 5) is 10.1. The van der Waals surface area contributed by atoms with Gasteiger partial charge in [0.25, 0.3) is 0 Å². The topological polar surface area (TPSA) is 62.2 Å². The van der Waals surface area contributed by atoms with Gasteiger partial charge in [0.15, 0.2) is 0 Å². The van der Waals surface area contributed by atoms with Gasteiger partial charge in [-0.25, -0.2) is 0 Å². The Morgan fingerprint density at radius 1 is 1.07 bits per heavy atom. The van der Waals surface area contributed by atoms with Crippen LogP contribution >= 0.6 is 17.0 Å². The monoisotopic (exact) mass is 273 g/mol. The molecule has 0 saturated carbocycles. The molecule has 0 aromatic rings. The van der Waals surface area contributed by atoms with Gasteiger partial charge in [0.1, 0.15) is 0 Å². The largest absolute Gasteiger partial charge is 0.394 e. The van der Waals surface area contributed by atoms with Gasteiger partial charge in [0.2, 0.25) is 0 Å². The van der Waals surface area contributed by atoms with E-state index in [1.165, 1.54) is 5.23 Å². The summed E-state index contributed by atoms with van der Waals surface area (Å²) in [7, 11) is 0. The van der Waals surface area contributed by atoms with Gasteiger partial charge >= 0.3 is 0 Å². The van der Waals surface area contributed by atoms with Crippen molar-refractivity contribution in [3.63, 3.8) is 0 Å². The molecular formula is C8H20BrNO4. The predicted octanol–water partition coefficient (Wildman–Crippen LogP) is 0.514. The fraction of sp³-hybridized carbons (Fsp3) is 1.00. The standard InChI is InChI=1S/C8H19NO4.BrH/c1-2-3-4-9(12-7-5-10)13-8-6-11;/h10-11H,2-8H2,1H3;1H. The van der Waals surface area contributed by atoms with Gasteiger partial charge in [-0.2, -0.15) is 0 Å². The predicted molar refractivity (Wildman–Crippen MR) is 58.0 cm³/mol. The summed E-state index contributed by atoms with van der Waals surface area (Å²) in [5.74, 6) is 0. The average Bonchev–Trinajstić information content (AvgIpc) is 2.17. The normalized spacial score (nSPS) is 10.3. The molecule has 5 nitrogen and oxygen atoms in total. The summed E-state index contributed by atoms with van der Waals surface area (Å²) in [5.41, 5.74) is 0. The van der Waals surface area contributed by atoms with E-state index in [0.717, 1.165) is 12.8 Å². The maximum absolute atomic E-state index is 8.51. The highest BCUT2D eigenvalue weighted by Crippen LogP contribution is 1.97. The number of halogens is 1.